The van der Waals surface area contributed by atoms with E-state index >= 15 is 0 Å². The smallest absolute Gasteiger partial charge is 0.251 e. The van der Waals surface area contributed by atoms with E-state index in [0.29, 0.717) is 10.0 Å². The fourth-order valence-electron chi connectivity index (χ4n) is 2.31. The van der Waals surface area contributed by atoms with Crippen molar-refractivity contribution in [2.45, 2.75) is 38.6 Å². The summed E-state index contributed by atoms with van der Waals surface area (Å²) in [5.74, 6) is 0.298. The molecule has 1 N–H and O–H groups in total. The van der Waals surface area contributed by atoms with E-state index < -0.39 is 0 Å². The molecule has 1 saturated carbocycles. The molecule has 0 unspecified atom stereocenters. The van der Waals surface area contributed by atoms with Gasteiger partial charge in [-0.3, -0.25) is 4.79 Å². The monoisotopic (exact) mass is 313 g/mol. The lowest BCUT2D eigenvalue weighted by atomic mass is 9.87. The first-order chi connectivity index (χ1) is 8.56. The van der Waals surface area contributed by atoms with Gasteiger partial charge < -0.3 is 5.32 Å². The standard InChI is InChI=1S/C14H17BrFNO/c1-9-2-5-11(6-3-9)17-14(18)10-4-7-13(16)12(15)8-10/h4,7-9,11H,2-3,5-6H2,1H3,(H,17,18). The molecule has 0 heterocycles. The molecule has 0 atom stereocenters. The average Bonchev–Trinajstić information content (AvgIpc) is 2.35. The number of benzene rings is 1. The summed E-state index contributed by atoms with van der Waals surface area (Å²) >= 11 is 3.09. The molecule has 0 spiro atoms. The van der Waals surface area contributed by atoms with Crippen molar-refractivity contribution in [3.8, 4) is 0 Å². The minimum Gasteiger partial charge on any atom is -0.349 e. The van der Waals surface area contributed by atoms with Gasteiger partial charge in [-0.1, -0.05) is 6.92 Å². The lowest BCUT2D eigenvalue weighted by Gasteiger charge is -2.26. The predicted molar refractivity (Wildman–Crippen MR) is 73.0 cm³/mol. The Morgan fingerprint density at radius 1 is 1.33 bits per heavy atom. The van der Waals surface area contributed by atoms with Crippen LogP contribution < -0.4 is 5.32 Å². The third-order valence-corrected chi connectivity index (χ3v) is 4.14. The Kier molecular flexibility index (Phi) is 4.38. The highest BCUT2D eigenvalue weighted by Crippen LogP contribution is 2.24. The van der Waals surface area contributed by atoms with Crippen LogP contribution in [-0.4, -0.2) is 11.9 Å². The van der Waals surface area contributed by atoms with E-state index in [1.165, 1.54) is 18.2 Å². The van der Waals surface area contributed by atoms with Crippen molar-refractivity contribution < 1.29 is 9.18 Å². The van der Waals surface area contributed by atoms with Gasteiger partial charge in [0.15, 0.2) is 0 Å². The van der Waals surface area contributed by atoms with E-state index in [0.717, 1.165) is 31.6 Å². The molecule has 1 aromatic carbocycles. The van der Waals surface area contributed by atoms with Crippen LogP contribution in [-0.2, 0) is 0 Å². The largest absolute Gasteiger partial charge is 0.349 e. The number of hydrogen-bond acceptors (Lipinski definition) is 1. The van der Waals surface area contributed by atoms with Crippen molar-refractivity contribution in [1.29, 1.82) is 0 Å². The number of carbonyl (C=O) groups excluding carboxylic acids is 1. The zero-order valence-electron chi connectivity index (χ0n) is 10.4. The fourth-order valence-corrected chi connectivity index (χ4v) is 2.69. The molecule has 18 heavy (non-hydrogen) atoms. The molecular formula is C14H17BrFNO. The van der Waals surface area contributed by atoms with E-state index in [9.17, 15) is 9.18 Å². The molecule has 1 fully saturated rings. The maximum atomic E-state index is 13.1. The Labute approximate surface area is 115 Å². The second-order valence-electron chi connectivity index (χ2n) is 5.06. The zero-order valence-corrected chi connectivity index (χ0v) is 12.0. The summed E-state index contributed by atoms with van der Waals surface area (Å²) < 4.78 is 13.4. The van der Waals surface area contributed by atoms with Gasteiger partial charge in [-0.05, 0) is 65.7 Å². The number of hydrogen-bond donors (Lipinski definition) is 1. The van der Waals surface area contributed by atoms with Crippen LogP contribution in [0, 0.1) is 11.7 Å². The van der Waals surface area contributed by atoms with Gasteiger partial charge in [0, 0.05) is 11.6 Å². The zero-order chi connectivity index (χ0) is 13.1. The summed E-state index contributed by atoms with van der Waals surface area (Å²) in [6.45, 7) is 2.25. The first-order valence-electron chi connectivity index (χ1n) is 6.32. The normalized spacial score (nSPS) is 23.7. The van der Waals surface area contributed by atoms with Gasteiger partial charge in [-0.25, -0.2) is 4.39 Å². The molecule has 2 rings (SSSR count). The predicted octanol–water partition coefficient (Wildman–Crippen LogP) is 3.90. The van der Waals surface area contributed by atoms with E-state index in [1.807, 2.05) is 0 Å². The van der Waals surface area contributed by atoms with Crippen molar-refractivity contribution in [3.05, 3.63) is 34.1 Å². The lowest BCUT2D eigenvalue weighted by molar-refractivity contribution is 0.0923. The summed E-state index contributed by atoms with van der Waals surface area (Å²) in [4.78, 5) is 12.0. The molecule has 1 aliphatic rings. The Hall–Kier alpha value is -0.900. The second-order valence-corrected chi connectivity index (χ2v) is 5.91. The first kappa shape index (κ1) is 13.5. The summed E-state index contributed by atoms with van der Waals surface area (Å²) in [7, 11) is 0. The summed E-state index contributed by atoms with van der Waals surface area (Å²) in [5.41, 5.74) is 0.502. The van der Waals surface area contributed by atoms with Gasteiger partial charge in [0.25, 0.3) is 5.91 Å². The second kappa shape index (κ2) is 5.83. The maximum Gasteiger partial charge on any atom is 0.251 e. The molecule has 0 saturated heterocycles. The first-order valence-corrected chi connectivity index (χ1v) is 7.11. The fraction of sp³-hybridized carbons (Fsp3) is 0.500. The Morgan fingerprint density at radius 2 is 2.00 bits per heavy atom. The van der Waals surface area contributed by atoms with Crippen LogP contribution in [0.15, 0.2) is 22.7 Å². The quantitative estimate of drug-likeness (QED) is 0.881. The van der Waals surface area contributed by atoms with Crippen LogP contribution in [0.5, 0.6) is 0 Å². The summed E-state index contributed by atoms with van der Waals surface area (Å²) in [6.07, 6.45) is 4.40. The third kappa shape index (κ3) is 3.31. The van der Waals surface area contributed by atoms with Gasteiger partial charge in [0.1, 0.15) is 5.82 Å². The molecular weight excluding hydrogens is 297 g/mol. The topological polar surface area (TPSA) is 29.1 Å². The highest BCUT2D eigenvalue weighted by molar-refractivity contribution is 9.10. The number of halogens is 2. The van der Waals surface area contributed by atoms with Crippen molar-refractivity contribution in [2.75, 3.05) is 0 Å². The number of carbonyl (C=O) groups is 1. The highest BCUT2D eigenvalue weighted by Gasteiger charge is 2.20. The lowest BCUT2D eigenvalue weighted by Crippen LogP contribution is -2.37. The molecule has 98 valence electrons. The Bertz CT molecular complexity index is 441. The van der Waals surface area contributed by atoms with E-state index in [4.69, 9.17) is 0 Å². The molecule has 1 aromatic rings. The van der Waals surface area contributed by atoms with Gasteiger partial charge in [-0.2, -0.15) is 0 Å². The van der Waals surface area contributed by atoms with Crippen LogP contribution >= 0.6 is 15.9 Å². The Balaban J connectivity index is 1.97. The van der Waals surface area contributed by atoms with Gasteiger partial charge in [-0.15, -0.1) is 0 Å². The molecule has 4 heteroatoms. The van der Waals surface area contributed by atoms with Crippen molar-refractivity contribution in [3.63, 3.8) is 0 Å². The summed E-state index contributed by atoms with van der Waals surface area (Å²) in [5, 5.41) is 3.02. The van der Waals surface area contributed by atoms with Gasteiger partial charge in [0.05, 0.1) is 4.47 Å². The third-order valence-electron chi connectivity index (χ3n) is 3.53. The van der Waals surface area contributed by atoms with Crippen LogP contribution in [0.3, 0.4) is 0 Å². The molecule has 1 amide bonds. The minimum absolute atomic E-state index is 0.116. The molecule has 0 aliphatic heterocycles. The highest BCUT2D eigenvalue weighted by atomic mass is 79.9. The van der Waals surface area contributed by atoms with E-state index in [2.05, 4.69) is 28.2 Å². The van der Waals surface area contributed by atoms with E-state index in [-0.39, 0.29) is 17.8 Å². The number of amides is 1. The maximum absolute atomic E-state index is 13.1. The minimum atomic E-state index is -0.349. The number of rotatable bonds is 2. The van der Waals surface area contributed by atoms with Crippen LogP contribution in [0.1, 0.15) is 43.0 Å². The average molecular weight is 314 g/mol. The van der Waals surface area contributed by atoms with Crippen molar-refractivity contribution in [1.82, 2.24) is 5.32 Å². The van der Waals surface area contributed by atoms with Crippen LogP contribution in [0.4, 0.5) is 4.39 Å². The van der Waals surface area contributed by atoms with Crippen LogP contribution in [0.25, 0.3) is 0 Å². The molecule has 1 aliphatic carbocycles. The Morgan fingerprint density at radius 3 is 2.61 bits per heavy atom. The van der Waals surface area contributed by atoms with Gasteiger partial charge in [0.2, 0.25) is 0 Å². The van der Waals surface area contributed by atoms with Crippen LogP contribution in [0.2, 0.25) is 0 Å². The van der Waals surface area contributed by atoms with E-state index in [1.54, 1.807) is 0 Å². The summed E-state index contributed by atoms with van der Waals surface area (Å²) in [6, 6.07) is 4.61. The molecule has 0 radical (unpaired) electrons. The van der Waals surface area contributed by atoms with Crippen molar-refractivity contribution in [2.24, 2.45) is 5.92 Å². The molecule has 2 nitrogen and oxygen atoms in total. The molecule has 0 aromatic heterocycles. The molecule has 0 bridgehead atoms. The van der Waals surface area contributed by atoms with Crippen molar-refractivity contribution >= 4 is 21.8 Å². The number of nitrogens with one attached hydrogen (secondary N) is 1. The van der Waals surface area contributed by atoms with Gasteiger partial charge >= 0.3 is 0 Å². The SMILES string of the molecule is CC1CCC(NC(=O)c2ccc(F)c(Br)c2)CC1.